The molecule has 1 unspecified atom stereocenters. The zero-order valence-corrected chi connectivity index (χ0v) is 12.4. The summed E-state index contributed by atoms with van der Waals surface area (Å²) in [4.78, 5) is 4.76. The molecule has 4 nitrogen and oxygen atoms in total. The molecule has 0 fully saturated rings. The van der Waals surface area contributed by atoms with Crippen molar-refractivity contribution in [2.45, 2.75) is 6.10 Å². The molecule has 2 heterocycles. The van der Waals surface area contributed by atoms with E-state index in [0.29, 0.717) is 20.7 Å². The lowest BCUT2D eigenvalue weighted by molar-refractivity contribution is 0.224. The fourth-order valence-electron chi connectivity index (χ4n) is 1.91. The zero-order valence-electron chi connectivity index (χ0n) is 10.0. The molecule has 102 valence electrons. The average molecular weight is 354 g/mol. The summed E-state index contributed by atoms with van der Waals surface area (Å²) in [5.74, 6) is -0.305. The molecule has 0 aliphatic carbocycles. The van der Waals surface area contributed by atoms with Gasteiger partial charge < -0.3 is 5.11 Å². The van der Waals surface area contributed by atoms with Crippen molar-refractivity contribution in [2.24, 2.45) is 0 Å². The van der Waals surface area contributed by atoms with Crippen LogP contribution in [0.1, 0.15) is 16.5 Å². The Kier molecular flexibility index (Phi) is 3.64. The van der Waals surface area contributed by atoms with E-state index in [1.54, 1.807) is 23.8 Å². The average Bonchev–Trinajstić information content (AvgIpc) is 3.07. The number of nitrogens with zero attached hydrogens (tertiary/aromatic N) is 2. The fourth-order valence-corrected chi connectivity index (χ4v) is 3.32. The van der Waals surface area contributed by atoms with Gasteiger partial charge in [-0.3, -0.25) is 5.10 Å². The smallest absolute Gasteiger partial charge is 0.123 e. The van der Waals surface area contributed by atoms with Crippen LogP contribution in [0.3, 0.4) is 0 Å². The maximum atomic E-state index is 13.0. The van der Waals surface area contributed by atoms with E-state index in [-0.39, 0.29) is 5.82 Å². The molecule has 20 heavy (non-hydrogen) atoms. The minimum atomic E-state index is -0.837. The number of halogens is 2. The van der Waals surface area contributed by atoms with E-state index in [0.717, 1.165) is 5.56 Å². The largest absolute Gasteiger partial charge is 0.383 e. The Hall–Kier alpha value is -1.57. The summed E-state index contributed by atoms with van der Waals surface area (Å²) in [5.41, 5.74) is 3.71. The quantitative estimate of drug-likeness (QED) is 0.757. The number of H-pyrrole nitrogens is 1. The first-order valence-corrected chi connectivity index (χ1v) is 7.40. The van der Waals surface area contributed by atoms with E-state index in [1.807, 2.05) is 0 Å². The van der Waals surface area contributed by atoms with Gasteiger partial charge in [0.25, 0.3) is 0 Å². The van der Waals surface area contributed by atoms with Crippen molar-refractivity contribution in [1.29, 1.82) is 0 Å². The molecular weight excluding hydrogens is 345 g/mol. The van der Waals surface area contributed by atoms with Crippen LogP contribution in [-0.4, -0.2) is 20.3 Å². The van der Waals surface area contributed by atoms with Crippen molar-refractivity contribution in [3.8, 4) is 11.3 Å². The summed E-state index contributed by atoms with van der Waals surface area (Å²) in [6.45, 7) is 0. The highest BCUT2D eigenvalue weighted by molar-refractivity contribution is 9.10. The first-order valence-electron chi connectivity index (χ1n) is 5.73. The van der Waals surface area contributed by atoms with Crippen molar-refractivity contribution < 1.29 is 9.50 Å². The summed E-state index contributed by atoms with van der Waals surface area (Å²) < 4.78 is 13.6. The highest BCUT2D eigenvalue weighted by atomic mass is 79.9. The third-order valence-electron chi connectivity index (χ3n) is 2.89. The Morgan fingerprint density at radius 1 is 1.30 bits per heavy atom. The number of aromatic nitrogens is 3. The first-order chi connectivity index (χ1) is 9.66. The number of aliphatic hydroxyl groups excluding tert-OH is 1. The van der Waals surface area contributed by atoms with E-state index in [9.17, 15) is 9.50 Å². The molecule has 0 amide bonds. The molecule has 0 spiro atoms. The van der Waals surface area contributed by atoms with Crippen LogP contribution in [-0.2, 0) is 0 Å². The highest BCUT2D eigenvalue weighted by Crippen LogP contribution is 2.35. The molecule has 1 atom stereocenters. The SMILES string of the molecule is OC(c1cn[nH]c1-c1ccc(F)cc1)c1scnc1Br. The maximum absolute atomic E-state index is 13.0. The second-order valence-corrected chi connectivity index (χ2v) is 5.75. The van der Waals surface area contributed by atoms with Crippen LogP contribution in [0.5, 0.6) is 0 Å². The Balaban J connectivity index is 2.02. The van der Waals surface area contributed by atoms with Gasteiger partial charge in [0.15, 0.2) is 0 Å². The number of hydrogen-bond acceptors (Lipinski definition) is 4. The highest BCUT2D eigenvalue weighted by Gasteiger charge is 2.21. The topological polar surface area (TPSA) is 61.8 Å². The molecule has 2 aromatic heterocycles. The molecular formula is C13H9BrFN3OS. The van der Waals surface area contributed by atoms with Gasteiger partial charge in [-0.1, -0.05) is 0 Å². The summed E-state index contributed by atoms with van der Waals surface area (Å²) in [6, 6.07) is 6.02. The Morgan fingerprint density at radius 2 is 2.05 bits per heavy atom. The minimum absolute atomic E-state index is 0.305. The van der Waals surface area contributed by atoms with Crippen molar-refractivity contribution in [3.63, 3.8) is 0 Å². The van der Waals surface area contributed by atoms with Crippen molar-refractivity contribution in [2.75, 3.05) is 0 Å². The number of hydrogen-bond donors (Lipinski definition) is 2. The van der Waals surface area contributed by atoms with Crippen LogP contribution >= 0.6 is 27.3 Å². The molecule has 1 aromatic carbocycles. The summed E-state index contributed by atoms with van der Waals surface area (Å²) in [6.07, 6.45) is 0.728. The Bertz CT molecular complexity index is 725. The van der Waals surface area contributed by atoms with E-state index >= 15 is 0 Å². The zero-order chi connectivity index (χ0) is 14.1. The molecule has 7 heteroatoms. The molecule has 3 rings (SSSR count). The van der Waals surface area contributed by atoms with Crippen molar-refractivity contribution in [1.82, 2.24) is 15.2 Å². The van der Waals surface area contributed by atoms with Gasteiger partial charge in [0, 0.05) is 11.1 Å². The standard InChI is InChI=1S/C13H9BrFN3OS/c14-13-12(20-6-16-13)11(19)9-5-17-18-10(9)7-1-3-8(15)4-2-7/h1-6,11,19H,(H,17,18). The van der Waals surface area contributed by atoms with Gasteiger partial charge in [-0.25, -0.2) is 9.37 Å². The Morgan fingerprint density at radius 3 is 2.70 bits per heavy atom. The van der Waals surface area contributed by atoms with Crippen LogP contribution in [0.4, 0.5) is 4.39 Å². The molecule has 0 aliphatic heterocycles. The number of benzene rings is 1. The summed E-state index contributed by atoms with van der Waals surface area (Å²) >= 11 is 4.65. The van der Waals surface area contributed by atoms with Gasteiger partial charge >= 0.3 is 0 Å². The lowest BCUT2D eigenvalue weighted by Crippen LogP contribution is -1.99. The number of aromatic amines is 1. The fraction of sp³-hybridized carbons (Fsp3) is 0.0769. The molecule has 2 N–H and O–H groups in total. The number of thiazole rings is 1. The van der Waals surface area contributed by atoms with Gasteiger partial charge in [-0.2, -0.15) is 5.10 Å². The van der Waals surface area contributed by atoms with Gasteiger partial charge in [0.05, 0.1) is 22.3 Å². The molecule has 0 radical (unpaired) electrons. The third-order valence-corrected chi connectivity index (χ3v) is 4.67. The van der Waals surface area contributed by atoms with Crippen LogP contribution in [0.2, 0.25) is 0 Å². The molecule has 0 saturated heterocycles. The predicted octanol–water partition coefficient (Wildman–Crippen LogP) is 3.52. The van der Waals surface area contributed by atoms with Crippen LogP contribution < -0.4 is 0 Å². The number of aliphatic hydroxyl groups is 1. The van der Waals surface area contributed by atoms with E-state index in [4.69, 9.17) is 0 Å². The normalized spacial score (nSPS) is 12.6. The summed E-state index contributed by atoms with van der Waals surface area (Å²) in [5, 5.41) is 17.3. The van der Waals surface area contributed by atoms with E-state index in [1.165, 1.54) is 23.5 Å². The first kappa shape index (κ1) is 13.4. The molecule has 0 saturated carbocycles. The van der Waals surface area contributed by atoms with Crippen LogP contribution in [0, 0.1) is 5.82 Å². The molecule has 0 aliphatic rings. The molecule has 0 bridgehead atoms. The van der Waals surface area contributed by atoms with Crippen molar-refractivity contribution >= 4 is 27.3 Å². The number of rotatable bonds is 3. The predicted molar refractivity (Wildman–Crippen MR) is 77.9 cm³/mol. The monoisotopic (exact) mass is 353 g/mol. The van der Waals surface area contributed by atoms with Gasteiger partial charge in [0.2, 0.25) is 0 Å². The van der Waals surface area contributed by atoms with Gasteiger partial charge in [-0.05, 0) is 40.2 Å². The summed E-state index contributed by atoms with van der Waals surface area (Å²) in [7, 11) is 0. The second-order valence-electron chi connectivity index (χ2n) is 4.12. The third kappa shape index (κ3) is 2.39. The Labute approximate surface area is 126 Å². The van der Waals surface area contributed by atoms with Crippen LogP contribution in [0.25, 0.3) is 11.3 Å². The van der Waals surface area contributed by atoms with Crippen molar-refractivity contribution in [3.05, 3.63) is 56.8 Å². The van der Waals surface area contributed by atoms with Gasteiger partial charge in [0.1, 0.15) is 16.5 Å². The van der Waals surface area contributed by atoms with Crippen LogP contribution in [0.15, 0.2) is 40.6 Å². The molecule has 3 aromatic rings. The number of nitrogens with one attached hydrogen (secondary N) is 1. The van der Waals surface area contributed by atoms with Gasteiger partial charge in [-0.15, -0.1) is 11.3 Å². The van der Waals surface area contributed by atoms with E-state index < -0.39 is 6.10 Å². The van der Waals surface area contributed by atoms with E-state index in [2.05, 4.69) is 31.1 Å². The second kappa shape index (κ2) is 5.43. The lowest BCUT2D eigenvalue weighted by Gasteiger charge is -2.09. The maximum Gasteiger partial charge on any atom is 0.123 e. The minimum Gasteiger partial charge on any atom is -0.383 e. The lowest BCUT2D eigenvalue weighted by atomic mass is 10.0.